The monoisotopic (exact) mass is 249 g/mol. The molecule has 1 atom stereocenters. The average molecular weight is 249 g/mol. The van der Waals surface area contributed by atoms with Gasteiger partial charge < -0.3 is 15.1 Å². The first kappa shape index (κ1) is 12.9. The summed E-state index contributed by atoms with van der Waals surface area (Å²) in [7, 11) is 1.83. The Balaban J connectivity index is 2.15. The van der Waals surface area contributed by atoms with Crippen LogP contribution in [-0.4, -0.2) is 37.1 Å². The van der Waals surface area contributed by atoms with E-state index in [1.165, 1.54) is 0 Å². The van der Waals surface area contributed by atoms with E-state index in [1.54, 1.807) is 11.0 Å². The fourth-order valence-electron chi connectivity index (χ4n) is 2.16. The van der Waals surface area contributed by atoms with Crippen molar-refractivity contribution in [2.24, 2.45) is 5.84 Å². The number of carbonyl (C=O) groups excluding carboxylic acids is 1. The SMILES string of the molecule is Cc1cc(C(=O)N(C)C2CCOC2)ccc1NN. The summed E-state index contributed by atoms with van der Waals surface area (Å²) in [6.45, 7) is 3.28. The number of nitrogens with one attached hydrogen (secondary N) is 1. The van der Waals surface area contributed by atoms with Gasteiger partial charge in [-0.2, -0.15) is 0 Å². The highest BCUT2D eigenvalue weighted by Gasteiger charge is 2.24. The minimum Gasteiger partial charge on any atom is -0.379 e. The number of likely N-dealkylation sites (N-methyl/N-ethyl adjacent to an activating group) is 1. The second kappa shape index (κ2) is 5.37. The van der Waals surface area contributed by atoms with Crippen molar-refractivity contribution in [3.05, 3.63) is 29.3 Å². The lowest BCUT2D eigenvalue weighted by atomic mass is 10.1. The molecule has 1 heterocycles. The maximum absolute atomic E-state index is 12.3. The molecule has 1 unspecified atom stereocenters. The number of rotatable bonds is 3. The van der Waals surface area contributed by atoms with Gasteiger partial charge >= 0.3 is 0 Å². The number of hydrogen-bond acceptors (Lipinski definition) is 4. The van der Waals surface area contributed by atoms with E-state index in [2.05, 4.69) is 5.43 Å². The minimum absolute atomic E-state index is 0.0252. The summed E-state index contributed by atoms with van der Waals surface area (Å²) in [5.74, 6) is 5.40. The number of carbonyl (C=O) groups is 1. The third-order valence-corrected chi connectivity index (χ3v) is 3.40. The van der Waals surface area contributed by atoms with Gasteiger partial charge in [-0.1, -0.05) is 0 Å². The van der Waals surface area contributed by atoms with Crippen LogP contribution in [0.1, 0.15) is 22.3 Å². The van der Waals surface area contributed by atoms with E-state index in [-0.39, 0.29) is 11.9 Å². The van der Waals surface area contributed by atoms with Gasteiger partial charge in [0.2, 0.25) is 0 Å². The van der Waals surface area contributed by atoms with E-state index >= 15 is 0 Å². The van der Waals surface area contributed by atoms with E-state index in [4.69, 9.17) is 10.6 Å². The molecule has 0 aromatic heterocycles. The van der Waals surface area contributed by atoms with Gasteiger partial charge in [0.1, 0.15) is 0 Å². The summed E-state index contributed by atoms with van der Waals surface area (Å²) in [6.07, 6.45) is 0.906. The lowest BCUT2D eigenvalue weighted by Gasteiger charge is -2.23. The number of hydrogen-bond donors (Lipinski definition) is 2. The maximum Gasteiger partial charge on any atom is 0.253 e. The van der Waals surface area contributed by atoms with Crippen LogP contribution in [0.4, 0.5) is 5.69 Å². The summed E-state index contributed by atoms with van der Waals surface area (Å²) >= 11 is 0. The molecule has 1 amide bonds. The van der Waals surface area contributed by atoms with Gasteiger partial charge in [-0.3, -0.25) is 10.6 Å². The third kappa shape index (κ3) is 2.47. The normalized spacial score (nSPS) is 18.7. The molecule has 1 aromatic rings. The highest BCUT2D eigenvalue weighted by Crippen LogP contribution is 2.18. The Morgan fingerprint density at radius 3 is 2.89 bits per heavy atom. The van der Waals surface area contributed by atoms with Crippen molar-refractivity contribution >= 4 is 11.6 Å². The fraction of sp³-hybridized carbons (Fsp3) is 0.462. The first-order chi connectivity index (χ1) is 8.63. The quantitative estimate of drug-likeness (QED) is 0.622. The van der Waals surface area contributed by atoms with Crippen LogP contribution < -0.4 is 11.3 Å². The molecule has 1 aliphatic rings. The molecule has 1 aliphatic heterocycles. The molecule has 5 heteroatoms. The van der Waals surface area contributed by atoms with Crippen molar-refractivity contribution in [3.8, 4) is 0 Å². The van der Waals surface area contributed by atoms with Crippen LogP contribution in [0.3, 0.4) is 0 Å². The summed E-state index contributed by atoms with van der Waals surface area (Å²) in [5, 5.41) is 0. The molecule has 18 heavy (non-hydrogen) atoms. The lowest BCUT2D eigenvalue weighted by Crippen LogP contribution is -2.37. The fourth-order valence-corrected chi connectivity index (χ4v) is 2.16. The zero-order valence-corrected chi connectivity index (χ0v) is 10.8. The van der Waals surface area contributed by atoms with Crippen LogP contribution in [0.5, 0.6) is 0 Å². The van der Waals surface area contributed by atoms with Gasteiger partial charge in [-0.15, -0.1) is 0 Å². The number of hydrazine groups is 1. The van der Waals surface area contributed by atoms with Gasteiger partial charge in [-0.05, 0) is 37.1 Å². The van der Waals surface area contributed by atoms with Crippen LogP contribution in [0.2, 0.25) is 0 Å². The molecule has 1 saturated heterocycles. The van der Waals surface area contributed by atoms with E-state index in [0.717, 1.165) is 24.3 Å². The lowest BCUT2D eigenvalue weighted by molar-refractivity contribution is 0.0711. The molecule has 0 bridgehead atoms. The molecule has 98 valence electrons. The third-order valence-electron chi connectivity index (χ3n) is 3.40. The second-order valence-electron chi connectivity index (χ2n) is 4.61. The summed E-state index contributed by atoms with van der Waals surface area (Å²) < 4.78 is 5.30. The average Bonchev–Trinajstić information content (AvgIpc) is 2.90. The van der Waals surface area contributed by atoms with Crippen molar-refractivity contribution in [2.45, 2.75) is 19.4 Å². The predicted octanol–water partition coefficient (Wildman–Crippen LogP) is 1.14. The van der Waals surface area contributed by atoms with Gasteiger partial charge in [-0.25, -0.2) is 0 Å². The van der Waals surface area contributed by atoms with E-state index in [0.29, 0.717) is 12.2 Å². The Kier molecular flexibility index (Phi) is 3.84. The second-order valence-corrected chi connectivity index (χ2v) is 4.61. The van der Waals surface area contributed by atoms with Crippen LogP contribution in [-0.2, 0) is 4.74 Å². The molecular weight excluding hydrogens is 230 g/mol. The minimum atomic E-state index is 0.0252. The number of amides is 1. The van der Waals surface area contributed by atoms with E-state index in [9.17, 15) is 4.79 Å². The molecule has 0 spiro atoms. The number of benzene rings is 1. The van der Waals surface area contributed by atoms with Gasteiger partial charge in [0.25, 0.3) is 5.91 Å². The smallest absolute Gasteiger partial charge is 0.253 e. The van der Waals surface area contributed by atoms with Crippen molar-refractivity contribution in [1.29, 1.82) is 0 Å². The molecule has 1 aromatic carbocycles. The number of aryl methyl sites for hydroxylation is 1. The van der Waals surface area contributed by atoms with Crippen LogP contribution in [0, 0.1) is 6.92 Å². The molecule has 0 saturated carbocycles. The van der Waals surface area contributed by atoms with Crippen LogP contribution in [0.15, 0.2) is 18.2 Å². The molecule has 2 rings (SSSR count). The Morgan fingerprint density at radius 1 is 1.56 bits per heavy atom. The number of anilines is 1. The topological polar surface area (TPSA) is 67.6 Å². The van der Waals surface area contributed by atoms with E-state index in [1.807, 2.05) is 26.1 Å². The highest BCUT2D eigenvalue weighted by molar-refractivity contribution is 5.95. The number of nitrogens with zero attached hydrogens (tertiary/aromatic N) is 1. The Hall–Kier alpha value is -1.59. The Morgan fingerprint density at radius 2 is 2.33 bits per heavy atom. The molecule has 1 fully saturated rings. The molecule has 3 N–H and O–H groups in total. The summed E-state index contributed by atoms with van der Waals surface area (Å²) in [5.41, 5.74) is 5.07. The largest absolute Gasteiger partial charge is 0.379 e. The zero-order valence-electron chi connectivity index (χ0n) is 10.8. The number of nitrogen functional groups attached to an aromatic ring is 1. The first-order valence-electron chi connectivity index (χ1n) is 6.05. The van der Waals surface area contributed by atoms with Gasteiger partial charge in [0, 0.05) is 19.2 Å². The van der Waals surface area contributed by atoms with Crippen molar-refractivity contribution < 1.29 is 9.53 Å². The molecular formula is C13H19N3O2. The van der Waals surface area contributed by atoms with Crippen LogP contribution >= 0.6 is 0 Å². The van der Waals surface area contributed by atoms with Crippen molar-refractivity contribution in [2.75, 3.05) is 25.7 Å². The number of ether oxygens (including phenoxy) is 1. The number of nitrogens with two attached hydrogens (primary N) is 1. The Bertz CT molecular complexity index is 442. The van der Waals surface area contributed by atoms with Crippen molar-refractivity contribution in [1.82, 2.24) is 4.90 Å². The summed E-state index contributed by atoms with van der Waals surface area (Å²) in [6, 6.07) is 5.65. The maximum atomic E-state index is 12.3. The molecule has 0 aliphatic carbocycles. The van der Waals surface area contributed by atoms with Gasteiger partial charge in [0.15, 0.2) is 0 Å². The zero-order chi connectivity index (χ0) is 13.1. The van der Waals surface area contributed by atoms with E-state index < -0.39 is 0 Å². The van der Waals surface area contributed by atoms with Crippen molar-refractivity contribution in [3.63, 3.8) is 0 Å². The molecule has 0 radical (unpaired) electrons. The van der Waals surface area contributed by atoms with Crippen LogP contribution in [0.25, 0.3) is 0 Å². The summed E-state index contributed by atoms with van der Waals surface area (Å²) in [4.78, 5) is 14.1. The predicted molar refractivity (Wildman–Crippen MR) is 70.3 cm³/mol. The Labute approximate surface area is 107 Å². The van der Waals surface area contributed by atoms with Gasteiger partial charge in [0.05, 0.1) is 18.3 Å². The molecule has 5 nitrogen and oxygen atoms in total. The first-order valence-corrected chi connectivity index (χ1v) is 6.05. The standard InChI is InChI=1S/C13H19N3O2/c1-9-7-10(3-4-12(9)15-14)13(17)16(2)11-5-6-18-8-11/h3-4,7,11,15H,5-6,8,14H2,1-2H3. The highest BCUT2D eigenvalue weighted by atomic mass is 16.5.